The van der Waals surface area contributed by atoms with E-state index in [0.717, 1.165) is 24.0 Å². The Morgan fingerprint density at radius 3 is 2.59 bits per heavy atom. The Morgan fingerprint density at radius 1 is 1.18 bits per heavy atom. The van der Waals surface area contributed by atoms with Crippen molar-refractivity contribution < 1.29 is 19.5 Å². The molecule has 3 fully saturated rings. The van der Waals surface area contributed by atoms with Crippen LogP contribution in [0.1, 0.15) is 37.8 Å². The fourth-order valence-electron chi connectivity index (χ4n) is 6.94. The van der Waals surface area contributed by atoms with Crippen LogP contribution >= 0.6 is 23.4 Å². The Morgan fingerprint density at radius 2 is 1.92 bits per heavy atom. The van der Waals surface area contributed by atoms with Crippen molar-refractivity contribution in [1.29, 1.82) is 0 Å². The zero-order chi connectivity index (χ0) is 27.9. The van der Waals surface area contributed by atoms with Gasteiger partial charge in [-0.3, -0.25) is 14.4 Å². The van der Waals surface area contributed by atoms with Gasteiger partial charge < -0.3 is 20.6 Å². The molecule has 2 bridgehead atoms. The summed E-state index contributed by atoms with van der Waals surface area (Å²) in [4.78, 5) is 43.7. The minimum Gasteiger partial charge on any atom is -0.394 e. The number of aryl methyl sites for hydroxylation is 1. The highest BCUT2D eigenvalue weighted by molar-refractivity contribution is 8.02. The van der Waals surface area contributed by atoms with E-state index in [1.807, 2.05) is 56.3 Å². The first-order valence-electron chi connectivity index (χ1n) is 13.7. The predicted octanol–water partition coefficient (Wildman–Crippen LogP) is 4.05. The Labute approximate surface area is 239 Å². The average molecular weight is 570 g/mol. The van der Waals surface area contributed by atoms with E-state index in [1.54, 1.807) is 22.7 Å². The molecule has 7 atom stereocenters. The lowest BCUT2D eigenvalue weighted by molar-refractivity contribution is -0.142. The number of thioether (sulfide) groups is 1. The monoisotopic (exact) mass is 569 g/mol. The minimum absolute atomic E-state index is 0.0286. The second-order valence-electron chi connectivity index (χ2n) is 11.0. The Bertz CT molecular complexity index is 1240. The van der Waals surface area contributed by atoms with Crippen molar-refractivity contribution in [1.82, 2.24) is 10.2 Å². The zero-order valence-corrected chi connectivity index (χ0v) is 24.1. The van der Waals surface area contributed by atoms with E-state index in [9.17, 15) is 19.5 Å². The van der Waals surface area contributed by atoms with E-state index in [2.05, 4.69) is 17.6 Å². The van der Waals surface area contributed by atoms with Crippen molar-refractivity contribution in [3.63, 3.8) is 0 Å². The molecule has 3 aliphatic heterocycles. The van der Waals surface area contributed by atoms with Gasteiger partial charge in [0.2, 0.25) is 17.7 Å². The third-order valence-electron chi connectivity index (χ3n) is 8.67. The van der Waals surface area contributed by atoms with Crippen LogP contribution in [0.4, 0.5) is 5.69 Å². The highest BCUT2D eigenvalue weighted by Gasteiger charge is 2.76. The molecule has 2 aromatic carbocycles. The quantitative estimate of drug-likeness (QED) is 0.423. The van der Waals surface area contributed by atoms with Crippen LogP contribution in [0, 0.1) is 24.7 Å². The van der Waals surface area contributed by atoms with Crippen molar-refractivity contribution in [3.05, 3.63) is 64.7 Å². The number of para-hydroxylation sites is 1. The molecule has 3 N–H and O–H groups in total. The molecular weight excluding hydrogens is 534 g/mol. The highest BCUT2D eigenvalue weighted by atomic mass is 35.5. The number of nitrogens with zero attached hydrogens (tertiary/aromatic N) is 1. The fourth-order valence-corrected chi connectivity index (χ4v) is 9.61. The Kier molecular flexibility index (Phi) is 8.00. The molecule has 3 saturated heterocycles. The fraction of sp³-hybridized carbons (Fsp3) is 0.500. The van der Waals surface area contributed by atoms with E-state index in [-0.39, 0.29) is 35.5 Å². The molecule has 0 saturated carbocycles. The first-order chi connectivity index (χ1) is 18.7. The number of aliphatic hydroxyl groups is 1. The first kappa shape index (κ1) is 28.0. The molecule has 3 heterocycles. The van der Waals surface area contributed by atoms with Crippen LogP contribution in [0.15, 0.2) is 48.5 Å². The number of halogens is 1. The second-order valence-corrected chi connectivity index (χ2v) is 13.0. The lowest BCUT2D eigenvalue weighted by Gasteiger charge is -2.40. The summed E-state index contributed by atoms with van der Waals surface area (Å²) in [5.74, 6) is -1.79. The molecule has 0 aromatic heterocycles. The topological polar surface area (TPSA) is 98.7 Å². The van der Waals surface area contributed by atoms with Gasteiger partial charge in [0.1, 0.15) is 6.04 Å². The maximum absolute atomic E-state index is 14.4. The number of hydrogen-bond donors (Lipinski definition) is 3. The van der Waals surface area contributed by atoms with Gasteiger partial charge >= 0.3 is 0 Å². The second kappa shape index (κ2) is 11.1. The average Bonchev–Trinajstić information content (AvgIpc) is 3.52. The lowest BCUT2D eigenvalue weighted by Crippen LogP contribution is -2.57. The van der Waals surface area contributed by atoms with Gasteiger partial charge in [-0.25, -0.2) is 0 Å². The number of rotatable bonds is 9. The van der Waals surface area contributed by atoms with E-state index in [1.165, 1.54) is 0 Å². The smallest absolute Gasteiger partial charge is 0.248 e. The van der Waals surface area contributed by atoms with Gasteiger partial charge in [0, 0.05) is 11.8 Å². The summed E-state index contributed by atoms with van der Waals surface area (Å²) < 4.78 is -0.778. The van der Waals surface area contributed by atoms with Crippen LogP contribution in [0.3, 0.4) is 0 Å². The van der Waals surface area contributed by atoms with Gasteiger partial charge in [-0.1, -0.05) is 67.9 Å². The highest BCUT2D eigenvalue weighted by Crippen LogP contribution is 2.68. The van der Waals surface area contributed by atoms with Gasteiger partial charge in [-0.05, 0) is 49.3 Å². The molecule has 5 rings (SSSR count). The summed E-state index contributed by atoms with van der Waals surface area (Å²) in [7, 11) is 0. The van der Waals surface area contributed by atoms with Crippen molar-refractivity contribution in [2.75, 3.05) is 18.5 Å². The maximum atomic E-state index is 14.4. The van der Waals surface area contributed by atoms with Crippen LogP contribution < -0.4 is 10.6 Å². The molecule has 3 amide bonds. The van der Waals surface area contributed by atoms with Crippen LogP contribution in [0.5, 0.6) is 0 Å². The maximum Gasteiger partial charge on any atom is 0.248 e. The molecule has 0 radical (unpaired) electrons. The number of anilines is 1. The summed E-state index contributed by atoms with van der Waals surface area (Å²) in [5.41, 5.74) is 2.29. The normalized spacial score (nSPS) is 29.8. The standard InChI is InChI=1S/C30H36ClN3O4S/c1-4-13-32-27(36)23-22-14-18(3)30(39-22)24(23)29(38)34(20(16-35)15-19-10-6-5-7-11-19)26(30)28(37)33-25-17(2)9-8-12-21(25)31/h5-12,18,20,22-24,26,35H,4,13-16H2,1-3H3,(H,32,36)(H,33,37)/t18?,20-,22-,23+,24+,26?,30?/m1/s1. The molecule has 208 valence electrons. The number of carbonyl (C=O) groups is 3. The van der Waals surface area contributed by atoms with Gasteiger partial charge in [0.15, 0.2) is 0 Å². The Balaban J connectivity index is 1.58. The number of aliphatic hydroxyl groups excluding tert-OH is 1. The number of hydrogen-bond acceptors (Lipinski definition) is 5. The summed E-state index contributed by atoms with van der Waals surface area (Å²) in [6.07, 6.45) is 1.95. The summed E-state index contributed by atoms with van der Waals surface area (Å²) >= 11 is 8.10. The van der Waals surface area contributed by atoms with Crippen molar-refractivity contribution >= 4 is 46.8 Å². The number of benzene rings is 2. The number of nitrogens with one attached hydrogen (secondary N) is 2. The molecule has 2 aromatic rings. The van der Waals surface area contributed by atoms with E-state index < -0.39 is 28.7 Å². The number of amides is 3. The molecule has 3 unspecified atom stereocenters. The lowest BCUT2D eigenvalue weighted by atomic mass is 9.66. The van der Waals surface area contributed by atoms with Crippen LogP contribution in [0.2, 0.25) is 5.02 Å². The van der Waals surface area contributed by atoms with Gasteiger partial charge in [0.25, 0.3) is 0 Å². The molecular formula is C30H36ClN3O4S. The first-order valence-corrected chi connectivity index (χ1v) is 15.0. The van der Waals surface area contributed by atoms with Crippen molar-refractivity contribution in [3.8, 4) is 0 Å². The largest absolute Gasteiger partial charge is 0.394 e. The summed E-state index contributed by atoms with van der Waals surface area (Å²) in [6, 6.07) is 13.6. The summed E-state index contributed by atoms with van der Waals surface area (Å²) in [5, 5.41) is 17.0. The Hall–Kier alpha value is -2.55. The van der Waals surface area contributed by atoms with Crippen LogP contribution in [0.25, 0.3) is 0 Å². The number of likely N-dealkylation sites (tertiary alicyclic amines) is 1. The van der Waals surface area contributed by atoms with Crippen molar-refractivity contribution in [2.24, 2.45) is 17.8 Å². The molecule has 0 aliphatic carbocycles. The van der Waals surface area contributed by atoms with Crippen LogP contribution in [-0.4, -0.2) is 63.0 Å². The van der Waals surface area contributed by atoms with Crippen molar-refractivity contribution in [2.45, 2.75) is 62.1 Å². The molecule has 39 heavy (non-hydrogen) atoms. The van der Waals surface area contributed by atoms with Crippen LogP contribution in [-0.2, 0) is 20.8 Å². The van der Waals surface area contributed by atoms with E-state index in [0.29, 0.717) is 23.7 Å². The molecule has 9 heteroatoms. The number of carbonyl (C=O) groups excluding carboxylic acids is 3. The third-order valence-corrected chi connectivity index (χ3v) is 11.1. The zero-order valence-electron chi connectivity index (χ0n) is 22.5. The summed E-state index contributed by atoms with van der Waals surface area (Å²) in [6.45, 7) is 6.20. The van der Waals surface area contributed by atoms with E-state index in [4.69, 9.17) is 11.6 Å². The van der Waals surface area contributed by atoms with Gasteiger partial charge in [0.05, 0.1) is 39.9 Å². The SMILES string of the molecule is CCCNC(=O)[C@@H]1[C@H]2C(=O)N([C@@H](CO)Cc3ccccc3)C(C(=O)Nc3c(C)cccc3Cl)C23S[C@@H]1CC3C. The third kappa shape index (κ3) is 4.64. The molecule has 3 aliphatic rings. The molecule has 1 spiro atoms. The van der Waals surface area contributed by atoms with Gasteiger partial charge in [-0.15, -0.1) is 11.8 Å². The minimum atomic E-state index is -0.861. The van der Waals surface area contributed by atoms with E-state index >= 15 is 0 Å². The number of fused-ring (bicyclic) bond motifs is 1. The predicted molar refractivity (Wildman–Crippen MR) is 155 cm³/mol. The molecule has 7 nitrogen and oxygen atoms in total. The van der Waals surface area contributed by atoms with Gasteiger partial charge in [-0.2, -0.15) is 0 Å².